The van der Waals surface area contributed by atoms with Crippen LogP contribution >= 0.6 is 11.8 Å². The van der Waals surface area contributed by atoms with E-state index < -0.39 is 0 Å². The van der Waals surface area contributed by atoms with Gasteiger partial charge >= 0.3 is 0 Å². The highest BCUT2D eigenvalue weighted by atomic mass is 32.2. The van der Waals surface area contributed by atoms with Crippen LogP contribution in [0.3, 0.4) is 0 Å². The van der Waals surface area contributed by atoms with Crippen LogP contribution in [-0.4, -0.2) is 25.1 Å². The normalized spacial score (nSPS) is 11.4. The predicted octanol–water partition coefficient (Wildman–Crippen LogP) is 2.40. The molecule has 13 heavy (non-hydrogen) atoms. The third-order valence-corrected chi connectivity index (χ3v) is 1.89. The summed E-state index contributed by atoms with van der Waals surface area (Å²) in [6.07, 6.45) is 2.00. The predicted molar refractivity (Wildman–Crippen MR) is 58.4 cm³/mol. The Morgan fingerprint density at radius 3 is 2.62 bits per heavy atom. The van der Waals surface area contributed by atoms with Crippen molar-refractivity contribution in [2.45, 2.75) is 0 Å². The number of ether oxygens (including phenoxy) is 1. The minimum absolute atomic E-state index is 0.640. The molecule has 2 nitrogen and oxygen atoms in total. The number of hydrogen-bond acceptors (Lipinski definition) is 3. The Labute approximate surface area is 83.0 Å². The summed E-state index contributed by atoms with van der Waals surface area (Å²) in [4.78, 5) is 4.08. The molecule has 0 radical (unpaired) electrons. The summed E-state index contributed by atoms with van der Waals surface area (Å²) in [5.74, 6) is 1.34. The number of hydrogen-bond donors (Lipinski definition) is 0. The second-order valence-electron chi connectivity index (χ2n) is 2.45. The molecule has 0 amide bonds. The van der Waals surface area contributed by atoms with Gasteiger partial charge in [0.2, 0.25) is 5.90 Å². The maximum absolute atomic E-state index is 5.44. The van der Waals surface area contributed by atoms with Crippen LogP contribution in [0.25, 0.3) is 0 Å². The third kappa shape index (κ3) is 3.11. The SMILES string of the molecule is CN=C(OCSC)c1ccccc1. The molecular formula is C10H13NOS. The van der Waals surface area contributed by atoms with Gasteiger partial charge in [-0.15, -0.1) is 11.8 Å². The van der Waals surface area contributed by atoms with E-state index in [0.29, 0.717) is 11.8 Å². The van der Waals surface area contributed by atoms with Gasteiger partial charge in [-0.05, 0) is 18.4 Å². The van der Waals surface area contributed by atoms with Gasteiger partial charge in [0, 0.05) is 12.6 Å². The molecule has 0 bridgehead atoms. The monoisotopic (exact) mass is 195 g/mol. The van der Waals surface area contributed by atoms with Crippen LogP contribution in [0.1, 0.15) is 5.56 Å². The zero-order chi connectivity index (χ0) is 9.52. The third-order valence-electron chi connectivity index (χ3n) is 1.54. The number of rotatable bonds is 3. The van der Waals surface area contributed by atoms with Gasteiger partial charge in [-0.2, -0.15) is 0 Å². The summed E-state index contributed by atoms with van der Waals surface area (Å²) < 4.78 is 5.44. The second kappa shape index (κ2) is 5.65. The fourth-order valence-corrected chi connectivity index (χ4v) is 1.20. The molecule has 0 fully saturated rings. The molecule has 0 N–H and O–H groups in total. The maximum atomic E-state index is 5.44. The standard InChI is InChI=1S/C10H13NOS/c1-11-10(12-8-13-2)9-6-4-3-5-7-9/h3-7H,8H2,1-2H3. The van der Waals surface area contributed by atoms with E-state index in [1.54, 1.807) is 18.8 Å². The van der Waals surface area contributed by atoms with Crippen molar-refractivity contribution in [3.05, 3.63) is 35.9 Å². The summed E-state index contributed by atoms with van der Waals surface area (Å²) in [5, 5.41) is 0. The van der Waals surface area contributed by atoms with Crippen molar-refractivity contribution in [2.75, 3.05) is 19.2 Å². The van der Waals surface area contributed by atoms with E-state index in [0.717, 1.165) is 5.56 Å². The first-order valence-electron chi connectivity index (χ1n) is 4.02. The van der Waals surface area contributed by atoms with Crippen molar-refractivity contribution in [3.63, 3.8) is 0 Å². The Hall–Kier alpha value is -0.960. The minimum atomic E-state index is 0.640. The Kier molecular flexibility index (Phi) is 4.40. The van der Waals surface area contributed by atoms with Crippen LogP contribution in [0.15, 0.2) is 35.3 Å². The van der Waals surface area contributed by atoms with E-state index >= 15 is 0 Å². The Morgan fingerprint density at radius 1 is 1.38 bits per heavy atom. The van der Waals surface area contributed by atoms with Gasteiger partial charge in [-0.25, -0.2) is 0 Å². The fraction of sp³-hybridized carbons (Fsp3) is 0.300. The quantitative estimate of drug-likeness (QED) is 0.419. The lowest BCUT2D eigenvalue weighted by Gasteiger charge is -2.06. The zero-order valence-electron chi connectivity index (χ0n) is 7.86. The molecule has 70 valence electrons. The van der Waals surface area contributed by atoms with Gasteiger partial charge in [-0.3, -0.25) is 4.99 Å². The molecule has 0 aromatic heterocycles. The molecule has 1 aromatic rings. The molecule has 0 saturated carbocycles. The van der Waals surface area contributed by atoms with Crippen molar-refractivity contribution in [3.8, 4) is 0 Å². The number of thioether (sulfide) groups is 1. The van der Waals surface area contributed by atoms with Gasteiger partial charge < -0.3 is 4.74 Å². The summed E-state index contributed by atoms with van der Waals surface area (Å²) in [6, 6.07) is 9.91. The molecule has 1 rings (SSSR count). The van der Waals surface area contributed by atoms with Crippen LogP contribution in [0, 0.1) is 0 Å². The van der Waals surface area contributed by atoms with Crippen molar-refractivity contribution >= 4 is 17.7 Å². The largest absolute Gasteiger partial charge is 0.466 e. The van der Waals surface area contributed by atoms with Crippen molar-refractivity contribution in [2.24, 2.45) is 4.99 Å². The van der Waals surface area contributed by atoms with Gasteiger partial charge in [0.25, 0.3) is 0 Å². The molecule has 0 heterocycles. The first-order valence-corrected chi connectivity index (χ1v) is 5.42. The Bertz CT molecular complexity index is 272. The zero-order valence-corrected chi connectivity index (χ0v) is 8.67. The van der Waals surface area contributed by atoms with Crippen LogP contribution in [-0.2, 0) is 4.74 Å². The lowest BCUT2D eigenvalue weighted by molar-refractivity contribution is 0.382. The van der Waals surface area contributed by atoms with E-state index in [2.05, 4.69) is 4.99 Å². The molecule has 0 aliphatic carbocycles. The summed E-state index contributed by atoms with van der Waals surface area (Å²) in [6.45, 7) is 0. The first-order chi connectivity index (χ1) is 6.38. The molecule has 3 heteroatoms. The highest BCUT2D eigenvalue weighted by Crippen LogP contribution is 2.04. The lowest BCUT2D eigenvalue weighted by atomic mass is 10.2. The first kappa shape index (κ1) is 10.1. The van der Waals surface area contributed by atoms with E-state index in [-0.39, 0.29) is 0 Å². The molecule has 0 aliphatic heterocycles. The Balaban J connectivity index is 2.69. The fourth-order valence-electron chi connectivity index (χ4n) is 0.972. The van der Waals surface area contributed by atoms with Gasteiger partial charge in [-0.1, -0.05) is 18.2 Å². The van der Waals surface area contributed by atoms with Crippen LogP contribution < -0.4 is 0 Å². The smallest absolute Gasteiger partial charge is 0.216 e. The number of nitrogens with zero attached hydrogens (tertiary/aromatic N) is 1. The van der Waals surface area contributed by atoms with Crippen molar-refractivity contribution in [1.29, 1.82) is 0 Å². The highest BCUT2D eigenvalue weighted by Gasteiger charge is 2.01. The van der Waals surface area contributed by atoms with E-state index in [1.165, 1.54) is 0 Å². The summed E-state index contributed by atoms with van der Waals surface area (Å²) >= 11 is 1.64. The minimum Gasteiger partial charge on any atom is -0.466 e. The lowest BCUT2D eigenvalue weighted by Crippen LogP contribution is -2.05. The summed E-state index contributed by atoms with van der Waals surface area (Å²) in [5.41, 5.74) is 1.03. The highest BCUT2D eigenvalue weighted by molar-refractivity contribution is 7.98. The second-order valence-corrected chi connectivity index (χ2v) is 3.26. The van der Waals surface area contributed by atoms with Gasteiger partial charge in [0.1, 0.15) is 5.94 Å². The topological polar surface area (TPSA) is 21.6 Å². The van der Waals surface area contributed by atoms with Crippen molar-refractivity contribution < 1.29 is 4.74 Å². The summed E-state index contributed by atoms with van der Waals surface area (Å²) in [7, 11) is 1.74. The molecular weight excluding hydrogens is 182 g/mol. The van der Waals surface area contributed by atoms with Crippen LogP contribution in [0.2, 0.25) is 0 Å². The van der Waals surface area contributed by atoms with Gasteiger partial charge in [0.05, 0.1) is 0 Å². The molecule has 0 unspecified atom stereocenters. The average molecular weight is 195 g/mol. The number of aliphatic imine (C=N–C) groups is 1. The molecule has 0 saturated heterocycles. The molecule has 1 aromatic carbocycles. The molecule has 0 aliphatic rings. The molecule has 0 spiro atoms. The van der Waals surface area contributed by atoms with E-state index in [4.69, 9.17) is 4.74 Å². The maximum Gasteiger partial charge on any atom is 0.216 e. The van der Waals surface area contributed by atoms with Crippen LogP contribution in [0.5, 0.6) is 0 Å². The van der Waals surface area contributed by atoms with E-state index in [1.807, 2.05) is 36.6 Å². The van der Waals surface area contributed by atoms with Crippen LogP contribution in [0.4, 0.5) is 0 Å². The van der Waals surface area contributed by atoms with E-state index in [9.17, 15) is 0 Å². The average Bonchev–Trinajstić information content (AvgIpc) is 2.21. The Morgan fingerprint density at radius 2 is 2.08 bits per heavy atom. The van der Waals surface area contributed by atoms with Crippen molar-refractivity contribution in [1.82, 2.24) is 0 Å². The van der Waals surface area contributed by atoms with Gasteiger partial charge in [0.15, 0.2) is 0 Å². The molecule has 0 atom stereocenters. The number of benzene rings is 1.